The lowest BCUT2D eigenvalue weighted by Gasteiger charge is -2.25. The normalized spacial score (nSPS) is 16.2. The Labute approximate surface area is 168 Å². The van der Waals surface area contributed by atoms with Gasteiger partial charge in [0.15, 0.2) is 0 Å². The van der Waals surface area contributed by atoms with Crippen LogP contribution in [0, 0.1) is 0 Å². The number of nitrogens with one attached hydrogen (secondary N) is 1. The number of anilines is 1. The number of hydrogen-bond donors (Lipinski definition) is 1. The maximum atomic E-state index is 13.1. The third-order valence-corrected chi connectivity index (χ3v) is 6.10. The molecule has 28 heavy (non-hydrogen) atoms. The Kier molecular flexibility index (Phi) is 5.30. The van der Waals surface area contributed by atoms with Crippen LogP contribution in [0.2, 0.25) is 0 Å². The second kappa shape index (κ2) is 8.02. The van der Waals surface area contributed by atoms with Crippen molar-refractivity contribution in [2.24, 2.45) is 0 Å². The molecule has 0 radical (unpaired) electrons. The Morgan fingerprint density at radius 1 is 1.04 bits per heavy atom. The van der Waals surface area contributed by atoms with E-state index in [1.165, 1.54) is 0 Å². The zero-order valence-corrected chi connectivity index (χ0v) is 16.7. The lowest BCUT2D eigenvalue weighted by molar-refractivity contribution is 0.214. The number of thioether (sulfide) groups is 1. The number of urea groups is 1. The molecule has 1 heterocycles. The molecule has 3 aromatic carbocycles. The fourth-order valence-corrected chi connectivity index (χ4v) is 4.68. The highest BCUT2D eigenvalue weighted by Crippen LogP contribution is 2.41. The van der Waals surface area contributed by atoms with Gasteiger partial charge in [0.05, 0.1) is 19.9 Å². The van der Waals surface area contributed by atoms with E-state index in [0.717, 1.165) is 39.3 Å². The molecule has 1 fully saturated rings. The maximum absolute atomic E-state index is 13.1. The number of rotatable bonds is 4. The minimum Gasteiger partial charge on any atom is -0.497 e. The molecule has 1 aliphatic rings. The number of carbonyl (C=O) groups is 1. The van der Waals surface area contributed by atoms with Crippen LogP contribution < -0.4 is 14.8 Å². The average Bonchev–Trinajstić information content (AvgIpc) is 3.24. The number of amides is 2. The first-order chi connectivity index (χ1) is 13.7. The monoisotopic (exact) mass is 394 g/mol. The number of benzene rings is 3. The molecule has 1 atom stereocenters. The molecule has 1 N–H and O–H groups in total. The van der Waals surface area contributed by atoms with Crippen LogP contribution in [0.15, 0.2) is 60.7 Å². The molecular weight excluding hydrogens is 372 g/mol. The van der Waals surface area contributed by atoms with Gasteiger partial charge in [0.1, 0.15) is 16.9 Å². The summed E-state index contributed by atoms with van der Waals surface area (Å²) >= 11 is 1.74. The molecule has 1 saturated heterocycles. The van der Waals surface area contributed by atoms with Crippen LogP contribution in [0.5, 0.6) is 11.5 Å². The van der Waals surface area contributed by atoms with Gasteiger partial charge in [0.2, 0.25) is 0 Å². The first kappa shape index (κ1) is 18.5. The van der Waals surface area contributed by atoms with E-state index in [1.807, 2.05) is 65.6 Å². The summed E-state index contributed by atoms with van der Waals surface area (Å²) in [5, 5.41) is 5.14. The highest BCUT2D eigenvalue weighted by Gasteiger charge is 2.31. The van der Waals surface area contributed by atoms with Gasteiger partial charge in [0.25, 0.3) is 0 Å². The van der Waals surface area contributed by atoms with E-state index < -0.39 is 0 Å². The average molecular weight is 394 g/mol. The van der Waals surface area contributed by atoms with Gasteiger partial charge in [-0.1, -0.05) is 36.4 Å². The lowest BCUT2D eigenvalue weighted by atomic mass is 10.1. The van der Waals surface area contributed by atoms with Gasteiger partial charge in [-0.15, -0.1) is 11.8 Å². The van der Waals surface area contributed by atoms with Gasteiger partial charge >= 0.3 is 6.03 Å². The van der Waals surface area contributed by atoms with Crippen LogP contribution in [0.3, 0.4) is 0 Å². The number of fused-ring (bicyclic) bond motifs is 1. The van der Waals surface area contributed by atoms with Crippen LogP contribution in [-0.2, 0) is 0 Å². The Bertz CT molecular complexity index is 980. The minimum atomic E-state index is -0.104. The van der Waals surface area contributed by atoms with E-state index in [9.17, 15) is 4.79 Å². The minimum absolute atomic E-state index is 0.0843. The molecule has 1 unspecified atom stereocenters. The van der Waals surface area contributed by atoms with Crippen molar-refractivity contribution in [2.45, 2.75) is 5.37 Å². The first-order valence-corrected chi connectivity index (χ1v) is 10.1. The molecule has 4 rings (SSSR count). The molecule has 3 aromatic rings. The number of methoxy groups -OCH3 is 2. The summed E-state index contributed by atoms with van der Waals surface area (Å²) in [5.41, 5.74) is 1.81. The van der Waals surface area contributed by atoms with Gasteiger partial charge < -0.3 is 19.7 Å². The van der Waals surface area contributed by atoms with Crippen molar-refractivity contribution in [1.82, 2.24) is 4.90 Å². The van der Waals surface area contributed by atoms with Crippen molar-refractivity contribution >= 4 is 34.3 Å². The summed E-state index contributed by atoms with van der Waals surface area (Å²) in [5.74, 6) is 2.32. The SMILES string of the molecule is COc1cc(OC)cc(C2SCCN2C(=O)Nc2cccc3ccccc23)c1. The van der Waals surface area contributed by atoms with Crippen molar-refractivity contribution in [1.29, 1.82) is 0 Å². The van der Waals surface area contributed by atoms with Gasteiger partial charge in [-0.3, -0.25) is 0 Å². The highest BCUT2D eigenvalue weighted by atomic mass is 32.2. The molecule has 5 nitrogen and oxygen atoms in total. The quantitative estimate of drug-likeness (QED) is 0.666. The second-order valence-corrected chi connectivity index (χ2v) is 7.71. The molecule has 2 amide bonds. The molecular formula is C22H22N2O3S. The Hall–Kier alpha value is -2.86. The van der Waals surface area contributed by atoms with E-state index in [1.54, 1.807) is 26.0 Å². The number of carbonyl (C=O) groups excluding carboxylic acids is 1. The summed E-state index contributed by atoms with van der Waals surface area (Å²) in [6, 6.07) is 19.6. The predicted octanol–water partition coefficient (Wildman–Crippen LogP) is 5.14. The third-order valence-electron chi connectivity index (χ3n) is 4.84. The summed E-state index contributed by atoms with van der Waals surface area (Å²) in [6.45, 7) is 0.686. The molecule has 0 spiro atoms. The standard InChI is InChI=1S/C22H22N2O3S/c1-26-17-12-16(13-18(14-17)27-2)21-24(10-11-28-21)22(25)23-20-9-5-7-15-6-3-4-8-19(15)20/h3-9,12-14,21H,10-11H2,1-2H3,(H,23,25). The maximum Gasteiger partial charge on any atom is 0.323 e. The van der Waals surface area contributed by atoms with Crippen molar-refractivity contribution in [3.8, 4) is 11.5 Å². The Balaban J connectivity index is 1.60. The van der Waals surface area contributed by atoms with Crippen LogP contribution in [-0.4, -0.2) is 37.4 Å². The molecule has 0 aromatic heterocycles. The van der Waals surface area contributed by atoms with Crippen molar-refractivity contribution < 1.29 is 14.3 Å². The number of ether oxygens (including phenoxy) is 2. The van der Waals surface area contributed by atoms with Gasteiger partial charge in [-0.25, -0.2) is 4.79 Å². The Morgan fingerprint density at radius 3 is 2.50 bits per heavy atom. The lowest BCUT2D eigenvalue weighted by Crippen LogP contribution is -2.34. The summed E-state index contributed by atoms with van der Waals surface area (Å²) in [4.78, 5) is 15.0. The summed E-state index contributed by atoms with van der Waals surface area (Å²) in [7, 11) is 3.26. The van der Waals surface area contributed by atoms with Crippen molar-refractivity contribution in [3.63, 3.8) is 0 Å². The summed E-state index contributed by atoms with van der Waals surface area (Å²) in [6.07, 6.45) is 0. The molecule has 144 valence electrons. The van der Waals surface area contributed by atoms with E-state index in [2.05, 4.69) is 5.32 Å². The topological polar surface area (TPSA) is 50.8 Å². The van der Waals surface area contributed by atoms with E-state index in [0.29, 0.717) is 6.54 Å². The van der Waals surface area contributed by atoms with Crippen LogP contribution in [0.25, 0.3) is 10.8 Å². The third kappa shape index (κ3) is 3.60. The highest BCUT2D eigenvalue weighted by molar-refractivity contribution is 7.99. The van der Waals surface area contributed by atoms with E-state index >= 15 is 0 Å². The van der Waals surface area contributed by atoms with Gasteiger partial charge in [0, 0.05) is 23.8 Å². The van der Waals surface area contributed by atoms with Gasteiger partial charge in [-0.2, -0.15) is 0 Å². The molecule has 0 saturated carbocycles. The number of hydrogen-bond acceptors (Lipinski definition) is 4. The van der Waals surface area contributed by atoms with Crippen LogP contribution in [0.4, 0.5) is 10.5 Å². The van der Waals surface area contributed by atoms with Crippen LogP contribution in [0.1, 0.15) is 10.9 Å². The smallest absolute Gasteiger partial charge is 0.323 e. The molecule has 0 aliphatic carbocycles. The first-order valence-electron chi connectivity index (χ1n) is 9.09. The predicted molar refractivity (Wildman–Crippen MR) is 114 cm³/mol. The van der Waals surface area contributed by atoms with Crippen molar-refractivity contribution in [3.05, 3.63) is 66.2 Å². The van der Waals surface area contributed by atoms with E-state index in [-0.39, 0.29) is 11.4 Å². The fraction of sp³-hybridized carbons (Fsp3) is 0.227. The summed E-state index contributed by atoms with van der Waals surface area (Å²) < 4.78 is 10.8. The largest absolute Gasteiger partial charge is 0.497 e. The number of nitrogens with zero attached hydrogens (tertiary/aromatic N) is 1. The second-order valence-electron chi connectivity index (χ2n) is 6.52. The Morgan fingerprint density at radius 2 is 1.75 bits per heavy atom. The molecule has 6 heteroatoms. The molecule has 1 aliphatic heterocycles. The fourth-order valence-electron chi connectivity index (χ4n) is 3.45. The molecule has 0 bridgehead atoms. The van der Waals surface area contributed by atoms with Crippen molar-refractivity contribution in [2.75, 3.05) is 31.8 Å². The zero-order valence-electron chi connectivity index (χ0n) is 15.8. The zero-order chi connectivity index (χ0) is 19.5. The van der Waals surface area contributed by atoms with Gasteiger partial charge in [-0.05, 0) is 29.1 Å². The van der Waals surface area contributed by atoms with Crippen LogP contribution >= 0.6 is 11.8 Å². The van der Waals surface area contributed by atoms with E-state index in [4.69, 9.17) is 9.47 Å².